The van der Waals surface area contributed by atoms with Crippen molar-refractivity contribution < 1.29 is 4.79 Å². The van der Waals surface area contributed by atoms with Gasteiger partial charge in [0, 0.05) is 17.5 Å². The van der Waals surface area contributed by atoms with Crippen LogP contribution in [0.25, 0.3) is 0 Å². The number of aliphatic imine (C=N–C) groups is 1. The number of para-hydroxylation sites is 1. The third-order valence-electron chi connectivity index (χ3n) is 2.93. The van der Waals surface area contributed by atoms with Gasteiger partial charge in [-0.2, -0.15) is 0 Å². The molecular formula is C15H12N2O. The molecule has 0 atom stereocenters. The fourth-order valence-electron chi connectivity index (χ4n) is 1.97. The van der Waals surface area contributed by atoms with Crippen molar-refractivity contribution in [2.45, 2.75) is 6.54 Å². The Labute approximate surface area is 105 Å². The molecule has 0 unspecified atom stereocenters. The second kappa shape index (κ2) is 4.45. The fourth-order valence-corrected chi connectivity index (χ4v) is 1.97. The summed E-state index contributed by atoms with van der Waals surface area (Å²) in [4.78, 5) is 16.2. The molecule has 0 saturated heterocycles. The van der Waals surface area contributed by atoms with Crippen LogP contribution in [0, 0.1) is 0 Å². The number of rotatable bonds is 2. The molecule has 2 aromatic rings. The zero-order chi connectivity index (χ0) is 12.4. The minimum atomic E-state index is -0.0932. The molecule has 3 heteroatoms. The van der Waals surface area contributed by atoms with E-state index in [4.69, 9.17) is 0 Å². The van der Waals surface area contributed by atoms with E-state index in [0.717, 1.165) is 17.8 Å². The minimum absolute atomic E-state index is 0.0932. The van der Waals surface area contributed by atoms with Gasteiger partial charge in [-0.3, -0.25) is 9.79 Å². The quantitative estimate of drug-likeness (QED) is 0.855. The summed E-state index contributed by atoms with van der Waals surface area (Å²) in [5.41, 5.74) is 3.67. The highest BCUT2D eigenvalue weighted by Gasteiger charge is 2.11. The lowest BCUT2D eigenvalue weighted by Gasteiger charge is -2.06. The normalized spacial score (nSPS) is 12.2. The number of amides is 1. The molecule has 0 bridgehead atoms. The molecule has 0 saturated carbocycles. The van der Waals surface area contributed by atoms with Crippen LogP contribution in [0.1, 0.15) is 21.5 Å². The van der Waals surface area contributed by atoms with Gasteiger partial charge in [-0.1, -0.05) is 24.3 Å². The van der Waals surface area contributed by atoms with Crippen LogP contribution in [0.15, 0.2) is 53.5 Å². The van der Waals surface area contributed by atoms with E-state index in [1.54, 1.807) is 0 Å². The Bertz CT molecular complexity index is 618. The molecule has 0 aliphatic carbocycles. The topological polar surface area (TPSA) is 41.5 Å². The molecule has 0 spiro atoms. The Kier molecular flexibility index (Phi) is 2.65. The number of fused-ring (bicyclic) bond motifs is 1. The van der Waals surface area contributed by atoms with E-state index in [1.165, 1.54) is 5.56 Å². The van der Waals surface area contributed by atoms with Crippen LogP contribution in [0.2, 0.25) is 0 Å². The lowest BCUT2D eigenvalue weighted by Crippen LogP contribution is -2.12. The predicted molar refractivity (Wildman–Crippen MR) is 72.1 cm³/mol. The maximum absolute atomic E-state index is 12.1. The molecule has 88 valence electrons. The van der Waals surface area contributed by atoms with E-state index in [0.29, 0.717) is 5.56 Å². The predicted octanol–water partition coefficient (Wildman–Crippen LogP) is 2.87. The number of benzene rings is 2. The van der Waals surface area contributed by atoms with Gasteiger partial charge in [-0.05, 0) is 35.4 Å². The van der Waals surface area contributed by atoms with Crippen molar-refractivity contribution in [1.82, 2.24) is 0 Å². The molecule has 1 heterocycles. The van der Waals surface area contributed by atoms with Crippen molar-refractivity contribution in [3.8, 4) is 0 Å². The summed E-state index contributed by atoms with van der Waals surface area (Å²) in [7, 11) is 0. The third kappa shape index (κ3) is 2.02. The summed E-state index contributed by atoms with van der Waals surface area (Å²) in [5.74, 6) is -0.0932. The summed E-state index contributed by atoms with van der Waals surface area (Å²) in [6, 6.07) is 15.1. The summed E-state index contributed by atoms with van der Waals surface area (Å²) >= 11 is 0. The summed E-state index contributed by atoms with van der Waals surface area (Å²) in [5, 5.41) is 2.87. The SMILES string of the molecule is O=C(Nc1ccccc1)c1ccc2c(c1)C=NC2. The van der Waals surface area contributed by atoms with Gasteiger partial charge in [0.2, 0.25) is 0 Å². The summed E-state index contributed by atoms with van der Waals surface area (Å²) in [6.07, 6.45) is 1.81. The van der Waals surface area contributed by atoms with E-state index in [2.05, 4.69) is 10.3 Å². The van der Waals surface area contributed by atoms with Gasteiger partial charge in [0.05, 0.1) is 6.54 Å². The Hall–Kier alpha value is -2.42. The molecule has 0 aromatic heterocycles. The number of carbonyl (C=O) groups excluding carboxylic acids is 1. The van der Waals surface area contributed by atoms with Crippen LogP contribution < -0.4 is 5.32 Å². The van der Waals surface area contributed by atoms with Gasteiger partial charge in [0.15, 0.2) is 0 Å². The van der Waals surface area contributed by atoms with Gasteiger partial charge in [-0.15, -0.1) is 0 Å². The first-order chi connectivity index (χ1) is 8.83. The fraction of sp³-hybridized carbons (Fsp3) is 0.0667. The monoisotopic (exact) mass is 236 g/mol. The number of hydrogen-bond donors (Lipinski definition) is 1. The average Bonchev–Trinajstić information content (AvgIpc) is 2.87. The molecule has 3 nitrogen and oxygen atoms in total. The number of hydrogen-bond acceptors (Lipinski definition) is 2. The molecule has 1 N–H and O–H groups in total. The second-order valence-electron chi connectivity index (χ2n) is 4.20. The smallest absolute Gasteiger partial charge is 0.255 e. The van der Waals surface area contributed by atoms with Crippen LogP contribution in [-0.4, -0.2) is 12.1 Å². The molecule has 1 aliphatic heterocycles. The van der Waals surface area contributed by atoms with Gasteiger partial charge in [0.1, 0.15) is 0 Å². The molecular weight excluding hydrogens is 224 g/mol. The lowest BCUT2D eigenvalue weighted by atomic mass is 10.1. The van der Waals surface area contributed by atoms with Crippen LogP contribution >= 0.6 is 0 Å². The molecule has 0 fully saturated rings. The molecule has 1 aliphatic rings. The van der Waals surface area contributed by atoms with Gasteiger partial charge in [-0.25, -0.2) is 0 Å². The maximum atomic E-state index is 12.1. The molecule has 3 rings (SSSR count). The Balaban J connectivity index is 1.83. The Morgan fingerprint density at radius 2 is 1.94 bits per heavy atom. The number of nitrogens with zero attached hydrogens (tertiary/aromatic N) is 1. The van der Waals surface area contributed by atoms with Crippen LogP contribution in [-0.2, 0) is 6.54 Å². The molecule has 2 aromatic carbocycles. The van der Waals surface area contributed by atoms with E-state index >= 15 is 0 Å². The Morgan fingerprint density at radius 3 is 2.78 bits per heavy atom. The standard InChI is InChI=1S/C15H12N2O/c18-15(17-14-4-2-1-3-5-14)11-6-7-12-9-16-10-13(12)8-11/h1-8,10H,9H2,(H,17,18). The summed E-state index contributed by atoms with van der Waals surface area (Å²) in [6.45, 7) is 0.718. The van der Waals surface area contributed by atoms with E-state index in [1.807, 2.05) is 54.7 Å². The van der Waals surface area contributed by atoms with Gasteiger partial charge in [0.25, 0.3) is 5.91 Å². The van der Waals surface area contributed by atoms with Crippen LogP contribution in [0.4, 0.5) is 5.69 Å². The first-order valence-corrected chi connectivity index (χ1v) is 5.82. The number of carbonyl (C=O) groups is 1. The van der Waals surface area contributed by atoms with Crippen LogP contribution in [0.3, 0.4) is 0 Å². The highest BCUT2D eigenvalue weighted by Crippen LogP contribution is 2.17. The molecule has 0 radical (unpaired) electrons. The van der Waals surface area contributed by atoms with Crippen molar-refractivity contribution in [1.29, 1.82) is 0 Å². The molecule has 1 amide bonds. The van der Waals surface area contributed by atoms with E-state index < -0.39 is 0 Å². The van der Waals surface area contributed by atoms with Crippen molar-refractivity contribution in [2.24, 2.45) is 4.99 Å². The van der Waals surface area contributed by atoms with Crippen molar-refractivity contribution in [2.75, 3.05) is 5.32 Å². The number of nitrogens with one attached hydrogen (secondary N) is 1. The number of anilines is 1. The van der Waals surface area contributed by atoms with Crippen molar-refractivity contribution in [3.63, 3.8) is 0 Å². The highest BCUT2D eigenvalue weighted by molar-refractivity contribution is 6.05. The largest absolute Gasteiger partial charge is 0.322 e. The van der Waals surface area contributed by atoms with Crippen molar-refractivity contribution >= 4 is 17.8 Å². The average molecular weight is 236 g/mol. The maximum Gasteiger partial charge on any atom is 0.255 e. The van der Waals surface area contributed by atoms with Gasteiger partial charge < -0.3 is 5.32 Å². The first-order valence-electron chi connectivity index (χ1n) is 5.82. The van der Waals surface area contributed by atoms with Crippen molar-refractivity contribution in [3.05, 3.63) is 65.2 Å². The van der Waals surface area contributed by atoms with E-state index in [-0.39, 0.29) is 5.91 Å². The zero-order valence-corrected chi connectivity index (χ0v) is 9.76. The third-order valence-corrected chi connectivity index (χ3v) is 2.93. The Morgan fingerprint density at radius 1 is 1.11 bits per heavy atom. The van der Waals surface area contributed by atoms with Crippen LogP contribution in [0.5, 0.6) is 0 Å². The highest BCUT2D eigenvalue weighted by atomic mass is 16.1. The summed E-state index contributed by atoms with van der Waals surface area (Å²) < 4.78 is 0. The van der Waals surface area contributed by atoms with Gasteiger partial charge >= 0.3 is 0 Å². The van der Waals surface area contributed by atoms with E-state index in [9.17, 15) is 4.79 Å². The second-order valence-corrected chi connectivity index (χ2v) is 4.20. The first kappa shape index (κ1) is 10.7. The zero-order valence-electron chi connectivity index (χ0n) is 9.76. The lowest BCUT2D eigenvalue weighted by molar-refractivity contribution is 0.102. The molecule has 18 heavy (non-hydrogen) atoms. The minimum Gasteiger partial charge on any atom is -0.322 e.